The molecule has 0 bridgehead atoms. The van der Waals surface area contributed by atoms with Crippen LogP contribution in [-0.4, -0.2) is 42.6 Å². The topological polar surface area (TPSA) is 84.7 Å². The number of hydrogen-bond acceptors (Lipinski definition) is 3. The van der Waals surface area contributed by atoms with Gasteiger partial charge in [-0.25, -0.2) is 4.79 Å². The lowest BCUT2D eigenvalue weighted by molar-refractivity contribution is -0.133. The van der Waals surface area contributed by atoms with E-state index in [0.717, 1.165) is 10.0 Å². The van der Waals surface area contributed by atoms with Gasteiger partial charge >= 0.3 is 6.03 Å². The molecule has 6 nitrogen and oxygen atoms in total. The van der Waals surface area contributed by atoms with Crippen molar-refractivity contribution in [1.29, 1.82) is 0 Å². The molecular weight excluding hydrogens is 326 g/mol. The minimum absolute atomic E-state index is 0.177. The third-order valence-electron chi connectivity index (χ3n) is 3.08. The van der Waals surface area contributed by atoms with Crippen molar-refractivity contribution < 1.29 is 14.3 Å². The number of halogens is 1. The van der Waals surface area contributed by atoms with Crippen LogP contribution in [0.5, 0.6) is 0 Å². The standard InChI is InChI=1S/C13H16BrN3O3/c1-8-6-9(2-3-10(8)14)16-13(19)17-4-5-20-11(7-17)12(15)18/h2-3,6,11H,4-5,7H2,1H3,(H2,15,18)(H,16,19)/t11-/m1/s1. The van der Waals surface area contributed by atoms with Crippen LogP contribution in [0.25, 0.3) is 0 Å². The second-order valence-corrected chi connectivity index (χ2v) is 5.46. The molecule has 0 saturated carbocycles. The number of carbonyl (C=O) groups excluding carboxylic acids is 2. The van der Waals surface area contributed by atoms with Crippen LogP contribution in [0.3, 0.4) is 0 Å². The second-order valence-electron chi connectivity index (χ2n) is 4.60. The molecule has 1 atom stereocenters. The van der Waals surface area contributed by atoms with Crippen LogP contribution in [0.15, 0.2) is 22.7 Å². The van der Waals surface area contributed by atoms with Crippen molar-refractivity contribution in [3.8, 4) is 0 Å². The molecule has 1 aliphatic heterocycles. The first-order valence-electron chi connectivity index (χ1n) is 6.20. The highest BCUT2D eigenvalue weighted by atomic mass is 79.9. The Balaban J connectivity index is 2.00. The quantitative estimate of drug-likeness (QED) is 0.854. The summed E-state index contributed by atoms with van der Waals surface area (Å²) in [6.07, 6.45) is -0.735. The Morgan fingerprint density at radius 3 is 2.90 bits per heavy atom. The van der Waals surface area contributed by atoms with E-state index in [1.807, 2.05) is 19.1 Å². The summed E-state index contributed by atoms with van der Waals surface area (Å²) in [5.41, 5.74) is 6.93. The molecule has 0 unspecified atom stereocenters. The van der Waals surface area contributed by atoms with Crippen molar-refractivity contribution in [1.82, 2.24) is 4.90 Å². The predicted octanol–water partition coefficient (Wildman–Crippen LogP) is 1.48. The van der Waals surface area contributed by atoms with Gasteiger partial charge in [0.05, 0.1) is 13.2 Å². The van der Waals surface area contributed by atoms with E-state index < -0.39 is 12.0 Å². The zero-order chi connectivity index (χ0) is 14.7. The van der Waals surface area contributed by atoms with Gasteiger partial charge in [-0.15, -0.1) is 0 Å². The number of urea groups is 1. The maximum absolute atomic E-state index is 12.1. The number of anilines is 1. The van der Waals surface area contributed by atoms with E-state index in [1.165, 1.54) is 4.90 Å². The summed E-state index contributed by atoms with van der Waals surface area (Å²) in [6, 6.07) is 5.28. The lowest BCUT2D eigenvalue weighted by atomic mass is 10.2. The molecule has 2 rings (SSSR count). The van der Waals surface area contributed by atoms with E-state index in [9.17, 15) is 9.59 Å². The molecule has 0 spiro atoms. The number of ether oxygens (including phenoxy) is 1. The van der Waals surface area contributed by atoms with E-state index in [2.05, 4.69) is 21.2 Å². The maximum Gasteiger partial charge on any atom is 0.322 e. The molecule has 3 N–H and O–H groups in total. The lowest BCUT2D eigenvalue weighted by Gasteiger charge is -2.31. The molecular formula is C13H16BrN3O3. The number of morpholine rings is 1. The Morgan fingerprint density at radius 2 is 2.25 bits per heavy atom. The van der Waals surface area contributed by atoms with Gasteiger partial charge in [-0.2, -0.15) is 0 Å². The summed E-state index contributed by atoms with van der Waals surface area (Å²) in [5.74, 6) is -0.554. The Hall–Kier alpha value is -1.60. The van der Waals surface area contributed by atoms with Crippen molar-refractivity contribution in [2.24, 2.45) is 5.73 Å². The fraction of sp³-hybridized carbons (Fsp3) is 0.385. The summed E-state index contributed by atoms with van der Waals surface area (Å²) in [4.78, 5) is 24.7. The van der Waals surface area contributed by atoms with Crippen molar-refractivity contribution in [2.45, 2.75) is 13.0 Å². The van der Waals surface area contributed by atoms with Gasteiger partial charge in [0, 0.05) is 16.7 Å². The largest absolute Gasteiger partial charge is 0.367 e. The van der Waals surface area contributed by atoms with Gasteiger partial charge in [-0.05, 0) is 30.7 Å². The molecule has 1 aliphatic rings. The summed E-state index contributed by atoms with van der Waals surface area (Å²) in [6.45, 7) is 2.86. The molecule has 0 radical (unpaired) electrons. The highest BCUT2D eigenvalue weighted by Crippen LogP contribution is 2.20. The normalized spacial score (nSPS) is 18.7. The number of aryl methyl sites for hydroxylation is 1. The SMILES string of the molecule is Cc1cc(NC(=O)N2CCO[C@@H](C(N)=O)C2)ccc1Br. The maximum atomic E-state index is 12.1. The van der Waals surface area contributed by atoms with Crippen molar-refractivity contribution >= 4 is 33.6 Å². The smallest absolute Gasteiger partial charge is 0.322 e. The molecule has 7 heteroatoms. The van der Waals surface area contributed by atoms with Gasteiger partial charge in [-0.1, -0.05) is 15.9 Å². The first-order chi connectivity index (χ1) is 9.47. The molecule has 108 valence electrons. The molecule has 3 amide bonds. The first kappa shape index (κ1) is 14.8. The van der Waals surface area contributed by atoms with Gasteiger partial charge in [0.25, 0.3) is 0 Å². The zero-order valence-corrected chi connectivity index (χ0v) is 12.6. The number of amides is 3. The lowest BCUT2D eigenvalue weighted by Crippen LogP contribution is -2.51. The van der Waals surface area contributed by atoms with E-state index >= 15 is 0 Å². The molecule has 1 saturated heterocycles. The monoisotopic (exact) mass is 341 g/mol. The highest BCUT2D eigenvalue weighted by molar-refractivity contribution is 9.10. The highest BCUT2D eigenvalue weighted by Gasteiger charge is 2.27. The molecule has 1 aromatic carbocycles. The van der Waals surface area contributed by atoms with Gasteiger partial charge < -0.3 is 20.7 Å². The number of primary amides is 1. The van der Waals surface area contributed by atoms with Gasteiger partial charge in [0.2, 0.25) is 5.91 Å². The average molecular weight is 342 g/mol. The number of hydrogen-bond donors (Lipinski definition) is 2. The van der Waals surface area contributed by atoms with Crippen LogP contribution in [0.4, 0.5) is 10.5 Å². The first-order valence-corrected chi connectivity index (χ1v) is 6.99. The molecule has 0 aliphatic carbocycles. The molecule has 0 aromatic heterocycles. The van der Waals surface area contributed by atoms with E-state index in [4.69, 9.17) is 10.5 Å². The van der Waals surface area contributed by atoms with Crippen LogP contribution in [0.1, 0.15) is 5.56 Å². The van der Waals surface area contributed by atoms with Gasteiger partial charge in [0.1, 0.15) is 0 Å². The molecule has 1 heterocycles. The Morgan fingerprint density at radius 1 is 1.50 bits per heavy atom. The van der Waals surface area contributed by atoms with E-state index in [1.54, 1.807) is 6.07 Å². The minimum atomic E-state index is -0.735. The number of benzene rings is 1. The molecule has 20 heavy (non-hydrogen) atoms. The third-order valence-corrected chi connectivity index (χ3v) is 3.97. The van der Waals surface area contributed by atoms with Crippen molar-refractivity contribution in [3.63, 3.8) is 0 Å². The van der Waals surface area contributed by atoms with E-state index in [-0.39, 0.29) is 12.6 Å². The van der Waals surface area contributed by atoms with Crippen LogP contribution in [0, 0.1) is 6.92 Å². The fourth-order valence-electron chi connectivity index (χ4n) is 1.93. The number of nitrogens with two attached hydrogens (primary N) is 1. The number of nitrogens with one attached hydrogen (secondary N) is 1. The van der Waals surface area contributed by atoms with Crippen LogP contribution >= 0.6 is 15.9 Å². The van der Waals surface area contributed by atoms with Crippen molar-refractivity contribution in [2.75, 3.05) is 25.0 Å². The molecule has 1 aromatic rings. The third kappa shape index (κ3) is 3.49. The second kappa shape index (κ2) is 6.23. The predicted molar refractivity (Wildman–Crippen MR) is 78.4 cm³/mol. The zero-order valence-electron chi connectivity index (χ0n) is 11.1. The fourth-order valence-corrected chi connectivity index (χ4v) is 2.18. The minimum Gasteiger partial charge on any atom is -0.367 e. The Labute approximate surface area is 125 Å². The van der Waals surface area contributed by atoms with Gasteiger partial charge in [-0.3, -0.25) is 4.79 Å². The summed E-state index contributed by atoms with van der Waals surface area (Å²) in [7, 11) is 0. The average Bonchev–Trinajstić information content (AvgIpc) is 2.43. The Kier molecular flexibility index (Phi) is 4.61. The Bertz CT molecular complexity index is 536. The van der Waals surface area contributed by atoms with Crippen LogP contribution in [-0.2, 0) is 9.53 Å². The number of nitrogens with zero attached hydrogens (tertiary/aromatic N) is 1. The molecule has 1 fully saturated rings. The van der Waals surface area contributed by atoms with Gasteiger partial charge in [0.15, 0.2) is 6.10 Å². The van der Waals surface area contributed by atoms with Crippen molar-refractivity contribution in [3.05, 3.63) is 28.2 Å². The number of carbonyl (C=O) groups is 2. The number of rotatable bonds is 2. The van der Waals surface area contributed by atoms with E-state index in [0.29, 0.717) is 18.8 Å². The van der Waals surface area contributed by atoms with Crippen LogP contribution < -0.4 is 11.1 Å². The summed E-state index contributed by atoms with van der Waals surface area (Å²) < 4.78 is 6.18. The van der Waals surface area contributed by atoms with Crippen LogP contribution in [0.2, 0.25) is 0 Å². The summed E-state index contributed by atoms with van der Waals surface area (Å²) >= 11 is 3.40. The summed E-state index contributed by atoms with van der Waals surface area (Å²) in [5, 5.41) is 2.80.